The first-order valence-corrected chi connectivity index (χ1v) is 12.3. The third-order valence-corrected chi connectivity index (χ3v) is 7.07. The number of piperazine rings is 1. The Balaban J connectivity index is 1.37. The molecule has 3 heterocycles. The van der Waals surface area contributed by atoms with Crippen LogP contribution in [-0.2, 0) is 0 Å². The Morgan fingerprint density at radius 1 is 1.00 bits per heavy atom. The van der Waals surface area contributed by atoms with E-state index in [1.54, 1.807) is 30.1 Å². The van der Waals surface area contributed by atoms with Gasteiger partial charge in [0.15, 0.2) is 0 Å². The van der Waals surface area contributed by atoms with E-state index in [1.807, 2.05) is 29.2 Å². The summed E-state index contributed by atoms with van der Waals surface area (Å²) in [5.74, 6) is 0.998. The molecule has 188 valence electrons. The molecular formula is C26H30N6O4. The zero-order valence-electron chi connectivity index (χ0n) is 20.3. The summed E-state index contributed by atoms with van der Waals surface area (Å²) in [7, 11) is 1.65. The predicted molar refractivity (Wildman–Crippen MR) is 136 cm³/mol. The number of aromatic nitrogens is 2. The van der Waals surface area contributed by atoms with E-state index in [0.29, 0.717) is 18.7 Å². The monoisotopic (exact) mass is 490 g/mol. The van der Waals surface area contributed by atoms with Gasteiger partial charge in [0.2, 0.25) is 0 Å². The minimum Gasteiger partial charge on any atom is -0.497 e. The zero-order valence-corrected chi connectivity index (χ0v) is 20.3. The van der Waals surface area contributed by atoms with Crippen molar-refractivity contribution < 1.29 is 14.5 Å². The molecule has 2 saturated heterocycles. The normalized spacial score (nSPS) is 16.7. The molecule has 10 nitrogen and oxygen atoms in total. The summed E-state index contributed by atoms with van der Waals surface area (Å²) in [5.41, 5.74) is 3.38. The number of nitro groups is 1. The third-order valence-electron chi connectivity index (χ3n) is 7.07. The van der Waals surface area contributed by atoms with Gasteiger partial charge >= 0.3 is 0 Å². The van der Waals surface area contributed by atoms with Gasteiger partial charge in [-0.15, -0.1) is 0 Å². The van der Waals surface area contributed by atoms with E-state index in [9.17, 15) is 14.9 Å². The van der Waals surface area contributed by atoms with Crippen molar-refractivity contribution in [3.8, 4) is 11.4 Å². The lowest BCUT2D eigenvalue weighted by molar-refractivity contribution is -0.384. The molecule has 2 aromatic carbocycles. The van der Waals surface area contributed by atoms with E-state index in [0.717, 1.165) is 61.8 Å². The van der Waals surface area contributed by atoms with Crippen LogP contribution in [0.3, 0.4) is 0 Å². The van der Waals surface area contributed by atoms with Crippen molar-refractivity contribution in [3.05, 3.63) is 76.1 Å². The summed E-state index contributed by atoms with van der Waals surface area (Å²) in [6.45, 7) is 4.50. The molecular weight excluding hydrogens is 460 g/mol. The van der Waals surface area contributed by atoms with E-state index in [-0.39, 0.29) is 17.5 Å². The average molecular weight is 491 g/mol. The highest BCUT2D eigenvalue weighted by molar-refractivity contribution is 5.95. The largest absolute Gasteiger partial charge is 0.497 e. The number of ether oxygens (including phenoxy) is 1. The smallest absolute Gasteiger partial charge is 0.269 e. The summed E-state index contributed by atoms with van der Waals surface area (Å²) < 4.78 is 7.04. The molecule has 0 radical (unpaired) electrons. The maximum absolute atomic E-state index is 13.7. The van der Waals surface area contributed by atoms with Gasteiger partial charge < -0.3 is 19.9 Å². The minimum absolute atomic E-state index is 0.00826. The summed E-state index contributed by atoms with van der Waals surface area (Å²) in [5, 5.41) is 19.1. The minimum atomic E-state index is -0.416. The van der Waals surface area contributed by atoms with Gasteiger partial charge in [-0.1, -0.05) is 0 Å². The Morgan fingerprint density at radius 2 is 1.64 bits per heavy atom. The van der Waals surface area contributed by atoms with E-state index in [1.165, 1.54) is 12.1 Å². The molecule has 1 amide bonds. The van der Waals surface area contributed by atoms with Crippen LogP contribution in [-0.4, -0.2) is 71.9 Å². The van der Waals surface area contributed by atoms with Crippen LogP contribution in [0.5, 0.6) is 5.75 Å². The van der Waals surface area contributed by atoms with Gasteiger partial charge in [-0.2, -0.15) is 5.10 Å². The Bertz CT molecular complexity index is 1210. The second kappa shape index (κ2) is 10.4. The number of non-ortho nitro benzene ring substituents is 1. The second-order valence-corrected chi connectivity index (χ2v) is 9.13. The van der Waals surface area contributed by atoms with Gasteiger partial charge in [0.05, 0.1) is 35.2 Å². The lowest BCUT2D eigenvalue weighted by Gasteiger charge is -2.36. The SMILES string of the molecule is COc1ccc(N2CCN(C(=O)c3cnn(-c4ccc([N+](=O)[O-])cc4)c3C3CCNCC3)CC2)cc1. The van der Waals surface area contributed by atoms with Crippen LogP contribution in [0.1, 0.15) is 34.8 Å². The number of anilines is 1. The molecule has 5 rings (SSSR count). The number of rotatable bonds is 6. The highest BCUT2D eigenvalue weighted by Gasteiger charge is 2.31. The van der Waals surface area contributed by atoms with Crippen molar-refractivity contribution in [2.45, 2.75) is 18.8 Å². The summed E-state index contributed by atoms with van der Waals surface area (Å²) in [6, 6.07) is 14.3. The first-order chi connectivity index (χ1) is 17.5. The van der Waals surface area contributed by atoms with Gasteiger partial charge in [0.25, 0.3) is 11.6 Å². The average Bonchev–Trinajstić information content (AvgIpc) is 3.38. The zero-order chi connectivity index (χ0) is 25.1. The van der Waals surface area contributed by atoms with E-state index >= 15 is 0 Å². The molecule has 0 aliphatic carbocycles. The maximum Gasteiger partial charge on any atom is 0.269 e. The second-order valence-electron chi connectivity index (χ2n) is 9.13. The van der Waals surface area contributed by atoms with Gasteiger partial charge in [0, 0.05) is 49.9 Å². The van der Waals surface area contributed by atoms with Crippen LogP contribution >= 0.6 is 0 Å². The van der Waals surface area contributed by atoms with Crippen LogP contribution in [0.4, 0.5) is 11.4 Å². The molecule has 2 aliphatic heterocycles. The predicted octanol–water partition coefficient (Wildman–Crippen LogP) is 3.22. The van der Waals surface area contributed by atoms with E-state index in [4.69, 9.17) is 4.74 Å². The Hall–Kier alpha value is -3.92. The van der Waals surface area contributed by atoms with Crippen LogP contribution in [0.25, 0.3) is 5.69 Å². The number of piperidine rings is 1. The van der Waals surface area contributed by atoms with Crippen LogP contribution < -0.4 is 15.0 Å². The van der Waals surface area contributed by atoms with Gasteiger partial charge in [0.1, 0.15) is 5.75 Å². The summed E-state index contributed by atoms with van der Waals surface area (Å²) in [6.07, 6.45) is 3.48. The molecule has 10 heteroatoms. The topological polar surface area (TPSA) is 106 Å². The molecule has 0 spiro atoms. The Kier molecular flexibility index (Phi) is 6.86. The quantitative estimate of drug-likeness (QED) is 0.418. The number of nitrogens with one attached hydrogen (secondary N) is 1. The van der Waals surface area contributed by atoms with Crippen molar-refractivity contribution in [2.24, 2.45) is 0 Å². The lowest BCUT2D eigenvalue weighted by Crippen LogP contribution is -2.49. The van der Waals surface area contributed by atoms with E-state index < -0.39 is 4.92 Å². The van der Waals surface area contributed by atoms with E-state index in [2.05, 4.69) is 15.3 Å². The fraction of sp³-hybridized carbons (Fsp3) is 0.385. The molecule has 1 N–H and O–H groups in total. The Labute approximate surface area is 209 Å². The van der Waals surface area contributed by atoms with Crippen LogP contribution in [0.15, 0.2) is 54.7 Å². The number of nitro benzene ring substituents is 1. The molecule has 0 saturated carbocycles. The van der Waals surface area contributed by atoms with Crippen molar-refractivity contribution in [1.29, 1.82) is 0 Å². The lowest BCUT2D eigenvalue weighted by atomic mass is 9.91. The number of nitrogens with zero attached hydrogens (tertiary/aromatic N) is 5. The number of benzene rings is 2. The molecule has 2 fully saturated rings. The summed E-state index contributed by atoms with van der Waals surface area (Å²) in [4.78, 5) is 28.6. The number of carbonyl (C=O) groups is 1. The van der Waals surface area contributed by atoms with Crippen LogP contribution in [0.2, 0.25) is 0 Å². The van der Waals surface area contributed by atoms with Gasteiger partial charge in [-0.25, -0.2) is 4.68 Å². The summed E-state index contributed by atoms with van der Waals surface area (Å²) >= 11 is 0. The molecule has 3 aromatic rings. The van der Waals surface area contributed by atoms with Gasteiger partial charge in [-0.3, -0.25) is 14.9 Å². The fourth-order valence-electron chi connectivity index (χ4n) is 5.06. The highest BCUT2D eigenvalue weighted by Crippen LogP contribution is 2.32. The molecule has 2 aliphatic rings. The van der Waals surface area contributed by atoms with Gasteiger partial charge in [-0.05, 0) is 62.3 Å². The fourth-order valence-corrected chi connectivity index (χ4v) is 5.06. The highest BCUT2D eigenvalue weighted by atomic mass is 16.6. The third kappa shape index (κ3) is 4.76. The van der Waals surface area contributed by atoms with Crippen molar-refractivity contribution in [1.82, 2.24) is 20.0 Å². The maximum atomic E-state index is 13.7. The Morgan fingerprint density at radius 3 is 2.25 bits per heavy atom. The number of hydrogen-bond donors (Lipinski definition) is 1. The van der Waals surface area contributed by atoms with Crippen molar-refractivity contribution in [2.75, 3.05) is 51.3 Å². The molecule has 0 atom stereocenters. The first kappa shape index (κ1) is 23.8. The standard InChI is InChI=1S/C26H30N6O4/c1-36-23-8-6-20(7-9-23)29-14-16-30(17-15-29)26(33)24-18-28-31(25(24)19-10-12-27-13-11-19)21-2-4-22(5-3-21)32(34)35/h2-9,18-19,27H,10-17H2,1H3. The molecule has 0 unspecified atom stereocenters. The molecule has 36 heavy (non-hydrogen) atoms. The number of carbonyl (C=O) groups excluding carboxylic acids is 1. The van der Waals surface area contributed by atoms with Crippen LogP contribution in [0, 0.1) is 10.1 Å². The first-order valence-electron chi connectivity index (χ1n) is 12.3. The number of hydrogen-bond acceptors (Lipinski definition) is 7. The number of methoxy groups -OCH3 is 1. The van der Waals surface area contributed by atoms with Crippen molar-refractivity contribution >= 4 is 17.3 Å². The molecule has 0 bridgehead atoms. The number of amides is 1. The molecule has 1 aromatic heterocycles. The van der Waals surface area contributed by atoms with Crippen molar-refractivity contribution in [3.63, 3.8) is 0 Å².